The van der Waals surface area contributed by atoms with E-state index >= 15 is 0 Å². The number of carboxylic acid groups (broad SMARTS) is 2. The number of hydrogen-bond acceptors (Lipinski definition) is 6. The van der Waals surface area contributed by atoms with Crippen LogP contribution in [0.1, 0.15) is 12.0 Å². The quantitative estimate of drug-likeness (QED) is 0.309. The summed E-state index contributed by atoms with van der Waals surface area (Å²) in [5.41, 5.74) is 2.08. The molecule has 2 N–H and O–H groups in total. The van der Waals surface area contributed by atoms with Gasteiger partial charge in [0.1, 0.15) is 16.3 Å². The van der Waals surface area contributed by atoms with E-state index in [-0.39, 0.29) is 13.0 Å². The predicted octanol–water partition coefficient (Wildman–Crippen LogP) is 4.43. The van der Waals surface area contributed by atoms with Crippen LogP contribution in [-0.4, -0.2) is 88.7 Å². The van der Waals surface area contributed by atoms with Crippen LogP contribution in [0.4, 0.5) is 19.3 Å². The molecule has 0 atom stereocenters. The summed E-state index contributed by atoms with van der Waals surface area (Å²) in [6.07, 6.45) is -0.269. The van der Waals surface area contributed by atoms with Crippen LogP contribution in [0.3, 0.4) is 0 Å². The number of amides is 1. The van der Waals surface area contributed by atoms with Crippen molar-refractivity contribution in [2.45, 2.75) is 13.0 Å². The van der Waals surface area contributed by atoms with Gasteiger partial charge in [0.25, 0.3) is 6.47 Å². The summed E-state index contributed by atoms with van der Waals surface area (Å²) in [4.78, 5) is 26.4. The summed E-state index contributed by atoms with van der Waals surface area (Å²) in [7, 11) is 2.11. The molecule has 4 rings (SSSR count). The van der Waals surface area contributed by atoms with Gasteiger partial charge in [0.15, 0.2) is 0 Å². The Balaban J connectivity index is 0.00000134. The van der Waals surface area contributed by atoms with E-state index in [2.05, 4.69) is 21.9 Å². The smallest absolute Gasteiger partial charge is 0.411 e. The van der Waals surface area contributed by atoms with Crippen LogP contribution in [0.5, 0.6) is 0 Å². The monoisotopic (exact) mass is 559 g/mol. The van der Waals surface area contributed by atoms with Crippen LogP contribution in [0.25, 0.3) is 11.3 Å². The van der Waals surface area contributed by atoms with E-state index in [0.29, 0.717) is 28.1 Å². The summed E-state index contributed by atoms with van der Waals surface area (Å²) < 4.78 is 29.4. The van der Waals surface area contributed by atoms with Crippen molar-refractivity contribution in [1.82, 2.24) is 19.6 Å². The molecule has 1 aromatic heterocycles. The molecule has 0 radical (unpaired) electrons. The SMILES string of the molecule is CN1CCN(CCCN(C(=O)O)c2cccc(Cn3nc(-c4cc(F)cc(F)c4)ccc3=S)c2)CC1.O=CO. The van der Waals surface area contributed by atoms with Crippen molar-refractivity contribution >= 4 is 30.5 Å². The zero-order chi connectivity index (χ0) is 28.4. The van der Waals surface area contributed by atoms with Crippen molar-refractivity contribution < 1.29 is 28.6 Å². The number of rotatable bonds is 8. The number of hydrogen-bond donors (Lipinski definition) is 2. The molecule has 1 saturated heterocycles. The molecule has 2 aromatic carbocycles. The minimum Gasteiger partial charge on any atom is -0.483 e. The average Bonchev–Trinajstić information content (AvgIpc) is 2.89. The Labute approximate surface area is 230 Å². The maximum absolute atomic E-state index is 13.7. The highest BCUT2D eigenvalue weighted by molar-refractivity contribution is 7.71. The maximum Gasteiger partial charge on any atom is 0.411 e. The summed E-state index contributed by atoms with van der Waals surface area (Å²) >= 11 is 5.41. The Morgan fingerprint density at radius 2 is 1.74 bits per heavy atom. The summed E-state index contributed by atoms with van der Waals surface area (Å²) in [6, 6.07) is 13.8. The lowest BCUT2D eigenvalue weighted by Crippen LogP contribution is -2.45. The first-order chi connectivity index (χ1) is 18.7. The minimum absolute atomic E-state index is 0.250. The van der Waals surface area contributed by atoms with Crippen LogP contribution in [0.15, 0.2) is 54.6 Å². The Morgan fingerprint density at radius 1 is 1.08 bits per heavy atom. The Morgan fingerprint density at radius 3 is 2.38 bits per heavy atom. The molecule has 0 aliphatic carbocycles. The second-order valence-corrected chi connectivity index (χ2v) is 9.50. The first-order valence-corrected chi connectivity index (χ1v) is 12.7. The maximum atomic E-state index is 13.7. The molecule has 0 saturated carbocycles. The molecular formula is C27H31F2N5O4S. The molecular weight excluding hydrogens is 528 g/mol. The number of carbonyl (C=O) groups is 2. The number of piperazine rings is 1. The number of nitrogens with zero attached hydrogens (tertiary/aromatic N) is 5. The van der Waals surface area contributed by atoms with E-state index in [0.717, 1.165) is 50.8 Å². The standard InChI is InChI=1S/C26H29F2N5O2S.CH2O2/c1-30-10-12-31(13-11-30)8-3-9-32(26(34)35)23-5-2-4-19(14-23)18-33-25(36)7-6-24(29-33)20-15-21(27)17-22(28)16-20;2-1-3/h2,4-7,14-17H,3,8-13,18H2,1H3,(H,34,35);1H,(H,2,3). The molecule has 39 heavy (non-hydrogen) atoms. The summed E-state index contributed by atoms with van der Waals surface area (Å²) in [5.74, 6) is -1.37. The summed E-state index contributed by atoms with van der Waals surface area (Å²) in [5, 5.41) is 21.2. The number of aromatic nitrogens is 2. The Hall–Kier alpha value is -3.74. The molecule has 1 aliphatic heterocycles. The third-order valence-corrected chi connectivity index (χ3v) is 6.61. The van der Waals surface area contributed by atoms with E-state index in [4.69, 9.17) is 22.1 Å². The second-order valence-electron chi connectivity index (χ2n) is 9.08. The molecule has 0 bridgehead atoms. The number of anilines is 1. The second kappa shape index (κ2) is 14.4. The highest BCUT2D eigenvalue weighted by atomic mass is 32.1. The fourth-order valence-electron chi connectivity index (χ4n) is 4.27. The molecule has 1 fully saturated rings. The number of halogens is 2. The van der Waals surface area contributed by atoms with Gasteiger partial charge in [-0.15, -0.1) is 0 Å². The first-order valence-electron chi connectivity index (χ1n) is 12.3. The largest absolute Gasteiger partial charge is 0.483 e. The van der Waals surface area contributed by atoms with Gasteiger partial charge in [-0.25, -0.2) is 18.3 Å². The predicted molar refractivity (Wildman–Crippen MR) is 147 cm³/mol. The molecule has 2 heterocycles. The zero-order valence-corrected chi connectivity index (χ0v) is 22.4. The van der Waals surface area contributed by atoms with Crippen LogP contribution in [-0.2, 0) is 11.3 Å². The van der Waals surface area contributed by atoms with Crippen molar-refractivity contribution in [2.24, 2.45) is 0 Å². The average molecular weight is 560 g/mol. The van der Waals surface area contributed by atoms with Gasteiger partial charge in [0.05, 0.1) is 12.2 Å². The fraction of sp³-hybridized carbons (Fsp3) is 0.333. The van der Waals surface area contributed by atoms with E-state index in [1.54, 1.807) is 28.9 Å². The highest BCUT2D eigenvalue weighted by Gasteiger charge is 2.17. The molecule has 0 unspecified atom stereocenters. The van der Waals surface area contributed by atoms with Crippen molar-refractivity contribution in [2.75, 3.05) is 51.2 Å². The molecule has 9 nitrogen and oxygen atoms in total. The first kappa shape index (κ1) is 29.8. The number of likely N-dealkylation sites (N-methyl/N-ethyl adjacent to an activating group) is 1. The van der Waals surface area contributed by atoms with Crippen LogP contribution in [0, 0.1) is 16.3 Å². The Kier molecular flexibility index (Phi) is 11.0. The van der Waals surface area contributed by atoms with Crippen molar-refractivity contribution in [3.05, 3.63) is 76.4 Å². The van der Waals surface area contributed by atoms with Gasteiger partial charge in [0.2, 0.25) is 0 Å². The highest BCUT2D eigenvalue weighted by Crippen LogP contribution is 2.21. The van der Waals surface area contributed by atoms with Gasteiger partial charge in [0, 0.05) is 50.0 Å². The normalized spacial score (nSPS) is 13.8. The Bertz CT molecular complexity index is 1310. The lowest BCUT2D eigenvalue weighted by Gasteiger charge is -2.32. The van der Waals surface area contributed by atoms with Crippen LogP contribution < -0.4 is 4.90 Å². The lowest BCUT2D eigenvalue weighted by atomic mass is 10.1. The molecule has 1 aliphatic rings. The third-order valence-electron chi connectivity index (χ3n) is 6.26. The molecule has 208 valence electrons. The van der Waals surface area contributed by atoms with Gasteiger partial charge >= 0.3 is 6.09 Å². The topological polar surface area (TPSA) is 102 Å². The summed E-state index contributed by atoms with van der Waals surface area (Å²) in [6.45, 7) is 5.32. The van der Waals surface area contributed by atoms with Gasteiger partial charge in [-0.2, -0.15) is 5.10 Å². The van der Waals surface area contributed by atoms with Gasteiger partial charge in [-0.05, 0) is 62.0 Å². The third kappa shape index (κ3) is 8.91. The van der Waals surface area contributed by atoms with Crippen molar-refractivity contribution in [1.29, 1.82) is 0 Å². The number of benzene rings is 2. The molecule has 12 heteroatoms. The fourth-order valence-corrected chi connectivity index (χ4v) is 4.45. The molecule has 0 spiro atoms. The van der Waals surface area contributed by atoms with Crippen molar-refractivity contribution in [3.8, 4) is 11.3 Å². The van der Waals surface area contributed by atoms with Crippen LogP contribution in [0.2, 0.25) is 0 Å². The van der Waals surface area contributed by atoms with Crippen LogP contribution >= 0.6 is 12.2 Å². The minimum atomic E-state index is -1.00. The molecule has 3 aromatic rings. The lowest BCUT2D eigenvalue weighted by molar-refractivity contribution is -0.122. The van der Waals surface area contributed by atoms with Gasteiger partial charge in [-0.3, -0.25) is 9.69 Å². The zero-order valence-electron chi connectivity index (χ0n) is 21.5. The van der Waals surface area contributed by atoms with E-state index < -0.39 is 17.7 Å². The van der Waals surface area contributed by atoms with Gasteiger partial charge < -0.3 is 20.0 Å². The van der Waals surface area contributed by atoms with Gasteiger partial charge in [-0.1, -0.05) is 24.4 Å². The molecule has 1 amide bonds. The van der Waals surface area contributed by atoms with Crippen molar-refractivity contribution in [3.63, 3.8) is 0 Å². The van der Waals surface area contributed by atoms with E-state index in [1.807, 2.05) is 12.1 Å². The van der Waals surface area contributed by atoms with E-state index in [9.17, 15) is 18.7 Å². The van der Waals surface area contributed by atoms with E-state index in [1.165, 1.54) is 17.0 Å².